The van der Waals surface area contributed by atoms with E-state index in [4.69, 9.17) is 4.74 Å². The van der Waals surface area contributed by atoms with Crippen LogP contribution < -0.4 is 0 Å². The van der Waals surface area contributed by atoms with Crippen molar-refractivity contribution in [2.24, 2.45) is 11.3 Å². The van der Waals surface area contributed by atoms with Crippen LogP contribution in [0.4, 0.5) is 0 Å². The fourth-order valence-electron chi connectivity index (χ4n) is 4.21. The molecule has 2 aliphatic rings. The molecule has 25 heavy (non-hydrogen) atoms. The van der Waals surface area contributed by atoms with Gasteiger partial charge in [0.25, 0.3) is 5.91 Å². The number of hydrogen-bond donors (Lipinski definition) is 0. The van der Waals surface area contributed by atoms with Gasteiger partial charge >= 0.3 is 0 Å². The van der Waals surface area contributed by atoms with Crippen molar-refractivity contribution in [3.8, 4) is 0 Å². The number of piperidine rings is 1. The normalized spacial score (nSPS) is 22.7. The Bertz CT molecular complexity index is 653. The predicted molar refractivity (Wildman–Crippen MR) is 94.2 cm³/mol. The highest BCUT2D eigenvalue weighted by Crippen LogP contribution is 2.45. The van der Waals surface area contributed by atoms with Crippen LogP contribution in [0.2, 0.25) is 0 Å². The summed E-state index contributed by atoms with van der Waals surface area (Å²) in [5.41, 5.74) is 1.47. The van der Waals surface area contributed by atoms with Crippen LogP contribution in [0.5, 0.6) is 0 Å². The zero-order valence-electron chi connectivity index (χ0n) is 15.3. The quantitative estimate of drug-likeness (QED) is 0.834. The van der Waals surface area contributed by atoms with E-state index in [1.807, 2.05) is 35.8 Å². The molecule has 0 bridgehead atoms. The minimum Gasteiger partial charge on any atom is -0.384 e. The van der Waals surface area contributed by atoms with E-state index >= 15 is 0 Å². The predicted octanol–water partition coefficient (Wildman–Crippen LogP) is 1.74. The molecule has 1 aromatic rings. The monoisotopic (exact) mass is 345 g/mol. The van der Waals surface area contributed by atoms with Crippen LogP contribution in [0.15, 0.2) is 18.3 Å². The largest absolute Gasteiger partial charge is 0.384 e. The van der Waals surface area contributed by atoms with Crippen molar-refractivity contribution in [2.75, 3.05) is 39.9 Å². The smallest absolute Gasteiger partial charge is 0.272 e. The number of aromatic nitrogens is 1. The molecule has 1 aromatic heterocycles. The summed E-state index contributed by atoms with van der Waals surface area (Å²) >= 11 is 0. The average Bonchev–Trinajstić information content (AvgIpc) is 2.88. The van der Waals surface area contributed by atoms with Gasteiger partial charge in [-0.25, -0.2) is 0 Å². The van der Waals surface area contributed by atoms with Gasteiger partial charge in [-0.1, -0.05) is 0 Å². The van der Waals surface area contributed by atoms with E-state index in [1.165, 1.54) is 0 Å². The van der Waals surface area contributed by atoms with E-state index in [-0.39, 0.29) is 23.1 Å². The zero-order valence-corrected chi connectivity index (χ0v) is 15.3. The van der Waals surface area contributed by atoms with Crippen LogP contribution in [0.3, 0.4) is 0 Å². The average molecular weight is 345 g/mol. The van der Waals surface area contributed by atoms with Crippen LogP contribution in [0.25, 0.3) is 0 Å². The van der Waals surface area contributed by atoms with Crippen molar-refractivity contribution >= 4 is 11.8 Å². The highest BCUT2D eigenvalue weighted by molar-refractivity contribution is 5.92. The van der Waals surface area contributed by atoms with Gasteiger partial charge in [0.1, 0.15) is 5.69 Å². The van der Waals surface area contributed by atoms with E-state index in [9.17, 15) is 9.59 Å². The number of carbonyl (C=O) groups excluding carboxylic acids is 2. The minimum absolute atomic E-state index is 0.0153. The summed E-state index contributed by atoms with van der Waals surface area (Å²) in [4.78, 5) is 33.4. The van der Waals surface area contributed by atoms with Crippen LogP contribution >= 0.6 is 0 Å². The third kappa shape index (κ3) is 3.27. The number of pyridine rings is 1. The molecule has 0 unspecified atom stereocenters. The molecule has 6 nitrogen and oxygen atoms in total. The fraction of sp³-hybridized carbons (Fsp3) is 0.632. The van der Waals surface area contributed by atoms with E-state index in [2.05, 4.69) is 4.98 Å². The lowest BCUT2D eigenvalue weighted by Crippen LogP contribution is -2.47. The molecule has 0 aliphatic carbocycles. The number of hydrogen-bond acceptors (Lipinski definition) is 4. The Labute approximate surface area is 149 Å². The maximum Gasteiger partial charge on any atom is 0.272 e. The first-order valence-corrected chi connectivity index (χ1v) is 9.00. The van der Waals surface area contributed by atoms with Gasteiger partial charge in [-0.15, -0.1) is 0 Å². The van der Waals surface area contributed by atoms with Crippen molar-refractivity contribution in [2.45, 2.75) is 26.7 Å². The van der Waals surface area contributed by atoms with Crippen LogP contribution in [-0.2, 0) is 9.53 Å². The Hall–Kier alpha value is -1.95. The van der Waals surface area contributed by atoms with Gasteiger partial charge in [0, 0.05) is 44.9 Å². The van der Waals surface area contributed by atoms with Gasteiger partial charge in [-0.05, 0) is 44.4 Å². The Morgan fingerprint density at radius 3 is 2.72 bits per heavy atom. The van der Waals surface area contributed by atoms with Gasteiger partial charge in [-0.3, -0.25) is 14.6 Å². The standard InChI is InChI=1S/C19H27N3O3/c1-4-21-13-19(15(12-25-3)17(21)23)6-9-22(10-7-19)18(24)16-11-14(2)5-8-20-16/h5,8,11,15H,4,6-7,9-10,12-13H2,1-3H3/t15-/m1/s1. The second-order valence-electron chi connectivity index (χ2n) is 7.23. The molecule has 6 heteroatoms. The molecular weight excluding hydrogens is 318 g/mol. The number of likely N-dealkylation sites (tertiary alicyclic amines) is 2. The lowest BCUT2D eigenvalue weighted by atomic mass is 9.71. The number of aryl methyl sites for hydroxylation is 1. The zero-order chi connectivity index (χ0) is 18.0. The molecule has 3 rings (SSSR count). The molecule has 1 atom stereocenters. The van der Waals surface area contributed by atoms with Gasteiger partial charge in [0.15, 0.2) is 0 Å². The Kier molecular flexibility index (Phi) is 5.08. The Morgan fingerprint density at radius 1 is 1.40 bits per heavy atom. The van der Waals surface area contributed by atoms with E-state index < -0.39 is 0 Å². The van der Waals surface area contributed by atoms with E-state index in [0.29, 0.717) is 25.4 Å². The number of rotatable bonds is 4. The maximum absolute atomic E-state index is 12.7. The Morgan fingerprint density at radius 2 is 2.12 bits per heavy atom. The van der Waals surface area contributed by atoms with Crippen LogP contribution in [0, 0.1) is 18.3 Å². The third-order valence-electron chi connectivity index (χ3n) is 5.75. The van der Waals surface area contributed by atoms with Crippen molar-refractivity contribution in [3.63, 3.8) is 0 Å². The number of amides is 2. The molecule has 0 N–H and O–H groups in total. The van der Waals surface area contributed by atoms with Gasteiger partial charge in [0.05, 0.1) is 12.5 Å². The summed E-state index contributed by atoms with van der Waals surface area (Å²) in [6, 6.07) is 3.72. The van der Waals surface area contributed by atoms with Crippen LogP contribution in [0.1, 0.15) is 35.8 Å². The number of carbonyl (C=O) groups is 2. The Balaban J connectivity index is 1.72. The highest BCUT2D eigenvalue weighted by atomic mass is 16.5. The summed E-state index contributed by atoms with van der Waals surface area (Å²) in [6.45, 7) is 7.28. The van der Waals surface area contributed by atoms with Crippen LogP contribution in [-0.4, -0.2) is 66.5 Å². The number of methoxy groups -OCH3 is 1. The maximum atomic E-state index is 12.7. The molecule has 2 amide bonds. The molecule has 2 aliphatic heterocycles. The fourth-order valence-corrected chi connectivity index (χ4v) is 4.21. The number of nitrogens with zero attached hydrogens (tertiary/aromatic N) is 3. The topological polar surface area (TPSA) is 62.7 Å². The highest BCUT2D eigenvalue weighted by Gasteiger charge is 2.52. The van der Waals surface area contributed by atoms with E-state index in [1.54, 1.807) is 13.3 Å². The second kappa shape index (κ2) is 7.12. The summed E-state index contributed by atoms with van der Waals surface area (Å²) < 4.78 is 5.34. The molecule has 2 saturated heterocycles. The molecule has 136 valence electrons. The summed E-state index contributed by atoms with van der Waals surface area (Å²) in [5.74, 6) is 0.0924. The summed E-state index contributed by atoms with van der Waals surface area (Å²) in [5, 5.41) is 0. The molecule has 2 fully saturated rings. The molecule has 0 radical (unpaired) electrons. The first-order chi connectivity index (χ1) is 12.0. The van der Waals surface area contributed by atoms with Crippen molar-refractivity contribution < 1.29 is 14.3 Å². The molecule has 1 spiro atoms. The minimum atomic E-state index is -0.0909. The SMILES string of the molecule is CCN1CC2(CCN(C(=O)c3cc(C)ccn3)CC2)[C@H](COC)C1=O. The summed E-state index contributed by atoms with van der Waals surface area (Å²) in [7, 11) is 1.65. The first kappa shape index (κ1) is 17.9. The molecule has 3 heterocycles. The van der Waals surface area contributed by atoms with E-state index in [0.717, 1.165) is 31.5 Å². The first-order valence-electron chi connectivity index (χ1n) is 9.00. The molecule has 0 aromatic carbocycles. The van der Waals surface area contributed by atoms with Crippen molar-refractivity contribution in [1.82, 2.24) is 14.8 Å². The molecule has 0 saturated carbocycles. The summed E-state index contributed by atoms with van der Waals surface area (Å²) in [6.07, 6.45) is 3.35. The number of ether oxygens (including phenoxy) is 1. The van der Waals surface area contributed by atoms with Gasteiger partial charge in [0.2, 0.25) is 5.91 Å². The lowest BCUT2D eigenvalue weighted by Gasteiger charge is -2.41. The van der Waals surface area contributed by atoms with Gasteiger partial charge < -0.3 is 14.5 Å². The van der Waals surface area contributed by atoms with Gasteiger partial charge in [-0.2, -0.15) is 0 Å². The van der Waals surface area contributed by atoms with Crippen molar-refractivity contribution in [1.29, 1.82) is 0 Å². The third-order valence-corrected chi connectivity index (χ3v) is 5.75. The lowest BCUT2D eigenvalue weighted by molar-refractivity contribution is -0.133. The molecular formula is C19H27N3O3. The van der Waals surface area contributed by atoms with Crippen molar-refractivity contribution in [3.05, 3.63) is 29.6 Å². The second-order valence-corrected chi connectivity index (χ2v) is 7.23.